The van der Waals surface area contributed by atoms with E-state index in [1.54, 1.807) is 0 Å². The monoisotopic (exact) mass is 297 g/mol. The van der Waals surface area contributed by atoms with E-state index in [-0.39, 0.29) is 5.54 Å². The summed E-state index contributed by atoms with van der Waals surface area (Å²) in [6, 6.07) is 2.65. The molecule has 0 fully saturated rings. The largest absolute Gasteiger partial charge is 0.330 e. The average Bonchev–Trinajstić information content (AvgIpc) is 2.08. The molecular formula is C9H20IN3. The molecule has 0 aromatic heterocycles. The summed E-state index contributed by atoms with van der Waals surface area (Å²) in [7, 11) is 0. The van der Waals surface area contributed by atoms with Crippen LogP contribution >= 0.6 is 22.6 Å². The molecule has 0 amide bonds. The first-order chi connectivity index (χ1) is 6.12. The van der Waals surface area contributed by atoms with Crippen LogP contribution in [0, 0.1) is 0 Å². The van der Waals surface area contributed by atoms with Crippen LogP contribution in [0.2, 0.25) is 0 Å². The Hall–Kier alpha value is 0.0700. The van der Waals surface area contributed by atoms with Gasteiger partial charge in [0.1, 0.15) is 0 Å². The zero-order valence-electron chi connectivity index (χ0n) is 8.97. The summed E-state index contributed by atoms with van der Waals surface area (Å²) in [6.07, 6.45) is 0.874. The number of hydrogen-bond acceptors (Lipinski definition) is 3. The highest BCUT2D eigenvalue weighted by Crippen LogP contribution is 2.11. The van der Waals surface area contributed by atoms with Gasteiger partial charge < -0.3 is 5.73 Å². The van der Waals surface area contributed by atoms with Crippen molar-refractivity contribution in [1.82, 2.24) is 0 Å². The van der Waals surface area contributed by atoms with Gasteiger partial charge in [0.05, 0.1) is 11.5 Å². The average molecular weight is 297 g/mol. The third-order valence-electron chi connectivity index (χ3n) is 1.34. The van der Waals surface area contributed by atoms with Crippen molar-refractivity contribution in [2.75, 3.05) is 18.0 Å². The van der Waals surface area contributed by atoms with Crippen molar-refractivity contribution in [3.63, 3.8) is 0 Å². The third kappa shape index (κ3) is 12.1. The van der Waals surface area contributed by atoms with E-state index < -0.39 is 0 Å². The molecule has 0 rings (SSSR count). The van der Waals surface area contributed by atoms with Crippen molar-refractivity contribution in [3.8, 4) is 0 Å². The Kier molecular flexibility index (Phi) is 12.1. The maximum Gasteiger partial charge on any atom is 0.0898 e. The van der Waals surface area contributed by atoms with Gasteiger partial charge in [-0.15, -0.1) is 0 Å². The lowest BCUT2D eigenvalue weighted by atomic mass is 10.0. The fourth-order valence-electron chi connectivity index (χ4n) is 0.651. The highest BCUT2D eigenvalue weighted by Gasteiger charge is 2.13. The summed E-state index contributed by atoms with van der Waals surface area (Å²) >= 11 is 2.15. The maximum atomic E-state index is 5.40. The minimum Gasteiger partial charge on any atom is -0.330 e. The molecule has 0 saturated heterocycles. The first-order valence-electron chi connectivity index (χ1n) is 4.33. The van der Waals surface area contributed by atoms with Crippen LogP contribution in [0.5, 0.6) is 0 Å². The molecule has 3 nitrogen and oxygen atoms in total. The van der Waals surface area contributed by atoms with E-state index in [4.69, 9.17) is 5.73 Å². The Morgan fingerprint density at radius 2 is 1.92 bits per heavy atom. The number of aliphatic imine (C=N–C) groups is 2. The van der Waals surface area contributed by atoms with Crippen LogP contribution < -0.4 is 5.73 Å². The minimum absolute atomic E-state index is 0.104. The fraction of sp³-hybridized carbons (Fsp3) is 0.889. The van der Waals surface area contributed by atoms with Gasteiger partial charge in [-0.1, -0.05) is 22.6 Å². The maximum absolute atomic E-state index is 5.40. The molecule has 0 bridgehead atoms. The van der Waals surface area contributed by atoms with Crippen LogP contribution in [0.15, 0.2) is 9.98 Å². The lowest BCUT2D eigenvalue weighted by molar-refractivity contribution is 0.490. The van der Waals surface area contributed by atoms with Gasteiger partial charge in [-0.2, -0.15) is 0 Å². The normalized spacial score (nSPS) is 9.38. The summed E-state index contributed by atoms with van der Waals surface area (Å²) in [5, 5.41) is 0. The summed E-state index contributed by atoms with van der Waals surface area (Å²) in [6.45, 7) is 7.40. The van der Waals surface area contributed by atoms with E-state index in [0.717, 1.165) is 13.0 Å². The van der Waals surface area contributed by atoms with Gasteiger partial charge in [-0.25, -0.2) is 9.98 Å². The molecule has 0 saturated carbocycles. The van der Waals surface area contributed by atoms with E-state index in [2.05, 4.69) is 38.6 Å². The second-order valence-electron chi connectivity index (χ2n) is 3.04. The Bertz CT molecular complexity index is 160. The number of nitrogens with zero attached hydrogens (tertiary/aromatic N) is 2. The van der Waals surface area contributed by atoms with Gasteiger partial charge in [0, 0.05) is 6.54 Å². The zero-order valence-corrected chi connectivity index (χ0v) is 11.1. The molecule has 2 N–H and O–H groups in total. The van der Waals surface area contributed by atoms with Gasteiger partial charge in [-0.05, 0) is 38.7 Å². The number of nitrogens with two attached hydrogens (primary N) is 1. The van der Waals surface area contributed by atoms with Gasteiger partial charge in [0.2, 0.25) is 0 Å². The van der Waals surface area contributed by atoms with Crippen molar-refractivity contribution < 1.29 is 0 Å². The number of halogens is 1. The van der Waals surface area contributed by atoms with E-state index in [1.807, 2.05) is 25.7 Å². The zero-order chi connectivity index (χ0) is 10.7. The molecule has 0 aliphatic heterocycles. The number of alkyl halides is 1. The van der Waals surface area contributed by atoms with Gasteiger partial charge in [0.25, 0.3) is 0 Å². The molecule has 0 aromatic carbocycles. The van der Waals surface area contributed by atoms with Gasteiger partial charge in [0.15, 0.2) is 0 Å². The van der Waals surface area contributed by atoms with Gasteiger partial charge in [-0.3, -0.25) is 0 Å². The SMILES string of the molecule is CCN=C=NC(C)(C)CCN.CI. The Labute approximate surface area is 95.1 Å². The van der Waals surface area contributed by atoms with E-state index in [9.17, 15) is 0 Å². The van der Waals surface area contributed by atoms with Crippen LogP contribution in [0.3, 0.4) is 0 Å². The molecular weight excluding hydrogens is 277 g/mol. The quantitative estimate of drug-likeness (QED) is 0.483. The van der Waals surface area contributed by atoms with Crippen molar-refractivity contribution in [2.24, 2.45) is 15.7 Å². The van der Waals surface area contributed by atoms with E-state index in [0.29, 0.717) is 6.54 Å². The molecule has 78 valence electrons. The topological polar surface area (TPSA) is 50.7 Å². The fourth-order valence-corrected chi connectivity index (χ4v) is 0.651. The third-order valence-corrected chi connectivity index (χ3v) is 1.34. The molecule has 0 radical (unpaired) electrons. The lowest BCUT2D eigenvalue weighted by Gasteiger charge is -2.15. The molecule has 4 heteroatoms. The highest BCUT2D eigenvalue weighted by molar-refractivity contribution is 14.1. The van der Waals surface area contributed by atoms with Crippen molar-refractivity contribution in [3.05, 3.63) is 0 Å². The Morgan fingerprint density at radius 3 is 2.31 bits per heavy atom. The first-order valence-corrected chi connectivity index (χ1v) is 6.49. The van der Waals surface area contributed by atoms with Crippen molar-refractivity contribution >= 4 is 28.6 Å². The molecule has 0 aromatic rings. The molecule has 0 aliphatic rings. The Balaban J connectivity index is 0. The summed E-state index contributed by atoms with van der Waals surface area (Å²) in [5.41, 5.74) is 5.30. The van der Waals surface area contributed by atoms with Crippen LogP contribution in [-0.4, -0.2) is 29.6 Å². The smallest absolute Gasteiger partial charge is 0.0898 e. The summed E-state index contributed by atoms with van der Waals surface area (Å²) in [5.74, 6) is 0. The molecule has 0 aliphatic carbocycles. The minimum atomic E-state index is -0.104. The van der Waals surface area contributed by atoms with E-state index in [1.165, 1.54) is 0 Å². The van der Waals surface area contributed by atoms with Crippen molar-refractivity contribution in [2.45, 2.75) is 32.7 Å². The second kappa shape index (κ2) is 10.2. The summed E-state index contributed by atoms with van der Waals surface area (Å²) in [4.78, 5) is 9.99. The van der Waals surface area contributed by atoms with Crippen LogP contribution in [0.1, 0.15) is 27.2 Å². The predicted molar refractivity (Wildman–Crippen MR) is 68.1 cm³/mol. The van der Waals surface area contributed by atoms with Crippen LogP contribution in [-0.2, 0) is 0 Å². The molecule has 0 atom stereocenters. The number of hydrogen-bond donors (Lipinski definition) is 1. The van der Waals surface area contributed by atoms with Crippen LogP contribution in [0.25, 0.3) is 0 Å². The number of rotatable bonds is 4. The van der Waals surface area contributed by atoms with Crippen molar-refractivity contribution in [1.29, 1.82) is 0 Å². The van der Waals surface area contributed by atoms with Crippen LogP contribution in [0.4, 0.5) is 0 Å². The molecule has 0 spiro atoms. The highest BCUT2D eigenvalue weighted by atomic mass is 127. The standard InChI is InChI=1S/C8H17N3.CH3I/c1-4-10-7-11-8(2,3)5-6-9;1-2/h4-6,9H2,1-3H3;1H3. The van der Waals surface area contributed by atoms with E-state index >= 15 is 0 Å². The first kappa shape index (κ1) is 15.5. The predicted octanol–water partition coefficient (Wildman–Crippen LogP) is 2.36. The molecule has 0 heterocycles. The second-order valence-corrected chi connectivity index (χ2v) is 3.04. The summed E-state index contributed by atoms with van der Waals surface area (Å²) < 4.78 is 0. The van der Waals surface area contributed by atoms with Gasteiger partial charge >= 0.3 is 0 Å². The lowest BCUT2D eigenvalue weighted by Crippen LogP contribution is -2.21. The molecule has 0 unspecified atom stereocenters. The molecule has 13 heavy (non-hydrogen) atoms. The Morgan fingerprint density at radius 1 is 1.38 bits per heavy atom.